The molecule has 0 saturated heterocycles. The molecule has 0 spiro atoms. The van der Waals surface area contributed by atoms with Gasteiger partial charge in [0.2, 0.25) is 0 Å². The molecule has 184 valence electrons. The zero-order valence-corrected chi connectivity index (χ0v) is 21.7. The summed E-state index contributed by atoms with van der Waals surface area (Å²) < 4.78 is 4.84. The summed E-state index contributed by atoms with van der Waals surface area (Å²) in [5, 5.41) is 5.10. The van der Waals surface area contributed by atoms with Crippen LogP contribution in [0.25, 0.3) is 71.6 Å². The second-order valence-electron chi connectivity index (χ2n) is 10.3. The van der Waals surface area contributed by atoms with Crippen molar-refractivity contribution in [2.24, 2.45) is 7.05 Å². The molecular weight excluding hydrogens is 472 g/mol. The van der Waals surface area contributed by atoms with Gasteiger partial charge in [0.15, 0.2) is 0 Å². The highest BCUT2D eigenvalue weighted by Crippen LogP contribution is 2.41. The van der Waals surface area contributed by atoms with E-state index < -0.39 is 0 Å². The summed E-state index contributed by atoms with van der Waals surface area (Å²) in [5.74, 6) is 0. The predicted molar refractivity (Wildman–Crippen MR) is 166 cm³/mol. The van der Waals surface area contributed by atoms with Crippen LogP contribution in [0.3, 0.4) is 0 Å². The summed E-state index contributed by atoms with van der Waals surface area (Å²) in [6, 6.07) is 50.4. The van der Waals surface area contributed by atoms with Gasteiger partial charge in [-0.15, -0.1) is 0 Å². The fourth-order valence-electron chi connectivity index (χ4n) is 6.27. The van der Waals surface area contributed by atoms with Gasteiger partial charge in [-0.25, -0.2) is 0 Å². The lowest BCUT2D eigenvalue weighted by molar-refractivity contribution is 1.01. The van der Waals surface area contributed by atoms with Crippen molar-refractivity contribution < 1.29 is 0 Å². The maximum absolute atomic E-state index is 2.45. The molecule has 39 heavy (non-hydrogen) atoms. The molecule has 2 nitrogen and oxygen atoms in total. The molecule has 0 atom stereocenters. The van der Waals surface area contributed by atoms with Crippen LogP contribution in [-0.2, 0) is 7.05 Å². The number of benzene rings is 6. The molecule has 0 unspecified atom stereocenters. The van der Waals surface area contributed by atoms with Crippen molar-refractivity contribution in [2.45, 2.75) is 0 Å². The van der Waals surface area contributed by atoms with Crippen molar-refractivity contribution in [1.82, 2.24) is 9.13 Å². The third-order valence-electron chi connectivity index (χ3n) is 8.12. The molecule has 0 radical (unpaired) electrons. The highest BCUT2D eigenvalue weighted by atomic mass is 15.0. The normalized spacial score (nSPS) is 11.7. The summed E-state index contributed by atoms with van der Waals surface area (Å²) in [6.07, 6.45) is 0. The third kappa shape index (κ3) is 3.28. The van der Waals surface area contributed by atoms with Crippen LogP contribution in [0, 0.1) is 0 Å². The molecule has 0 aliphatic carbocycles. The van der Waals surface area contributed by atoms with Gasteiger partial charge >= 0.3 is 0 Å². The molecular formula is C37H26N2. The van der Waals surface area contributed by atoms with Crippen molar-refractivity contribution >= 4 is 43.6 Å². The van der Waals surface area contributed by atoms with E-state index in [1.807, 2.05) is 0 Å². The highest BCUT2D eigenvalue weighted by Gasteiger charge is 2.20. The van der Waals surface area contributed by atoms with Crippen LogP contribution in [0.5, 0.6) is 0 Å². The number of rotatable bonds is 3. The van der Waals surface area contributed by atoms with Crippen LogP contribution in [0.2, 0.25) is 0 Å². The van der Waals surface area contributed by atoms with Crippen LogP contribution < -0.4 is 0 Å². The molecule has 2 heterocycles. The average Bonchev–Trinajstić information content (AvgIpc) is 3.49. The van der Waals surface area contributed by atoms with Gasteiger partial charge in [0.05, 0.1) is 16.6 Å². The first kappa shape index (κ1) is 22.0. The largest absolute Gasteiger partial charge is 0.342 e. The Morgan fingerprint density at radius 2 is 0.846 bits per heavy atom. The van der Waals surface area contributed by atoms with Gasteiger partial charge in [-0.1, -0.05) is 115 Å². The molecule has 8 rings (SSSR count). The minimum Gasteiger partial charge on any atom is -0.342 e. The van der Waals surface area contributed by atoms with Gasteiger partial charge in [0, 0.05) is 39.8 Å². The Labute approximate surface area is 227 Å². The van der Waals surface area contributed by atoms with Crippen molar-refractivity contribution in [1.29, 1.82) is 0 Å². The summed E-state index contributed by atoms with van der Waals surface area (Å²) in [7, 11) is 2.21. The molecule has 2 aromatic heterocycles. The number of hydrogen-bond donors (Lipinski definition) is 0. The summed E-state index contributed by atoms with van der Waals surface area (Å²) in [5.41, 5.74) is 11.1. The van der Waals surface area contributed by atoms with E-state index in [2.05, 4.69) is 156 Å². The van der Waals surface area contributed by atoms with E-state index in [1.165, 1.54) is 71.6 Å². The van der Waals surface area contributed by atoms with E-state index in [4.69, 9.17) is 0 Å². The Morgan fingerprint density at radius 3 is 1.44 bits per heavy atom. The molecule has 0 bridgehead atoms. The van der Waals surface area contributed by atoms with E-state index in [0.29, 0.717) is 0 Å². The van der Waals surface area contributed by atoms with E-state index in [0.717, 1.165) is 0 Å². The second kappa shape index (κ2) is 8.47. The van der Waals surface area contributed by atoms with Gasteiger partial charge in [-0.3, -0.25) is 0 Å². The Kier molecular flexibility index (Phi) is 4.77. The molecule has 0 saturated carbocycles. The minimum atomic E-state index is 1.17. The van der Waals surface area contributed by atoms with Crippen molar-refractivity contribution in [3.63, 3.8) is 0 Å². The Morgan fingerprint density at radius 1 is 0.385 bits per heavy atom. The quantitative estimate of drug-likeness (QED) is 0.229. The van der Waals surface area contributed by atoms with Gasteiger partial charge in [0.25, 0.3) is 0 Å². The summed E-state index contributed by atoms with van der Waals surface area (Å²) in [6.45, 7) is 0. The molecule has 0 amide bonds. The number of fused-ring (bicyclic) bond motifs is 7. The fraction of sp³-hybridized carbons (Fsp3) is 0.0270. The fourth-order valence-corrected chi connectivity index (χ4v) is 6.27. The average molecular weight is 499 g/mol. The first-order valence-electron chi connectivity index (χ1n) is 13.4. The summed E-state index contributed by atoms with van der Waals surface area (Å²) in [4.78, 5) is 0. The molecule has 0 aliphatic heterocycles. The van der Waals surface area contributed by atoms with Gasteiger partial charge < -0.3 is 9.13 Å². The van der Waals surface area contributed by atoms with E-state index >= 15 is 0 Å². The zero-order chi connectivity index (χ0) is 25.9. The zero-order valence-electron chi connectivity index (χ0n) is 21.7. The topological polar surface area (TPSA) is 9.86 Å². The van der Waals surface area contributed by atoms with Crippen molar-refractivity contribution in [2.75, 3.05) is 0 Å². The monoisotopic (exact) mass is 498 g/mol. The number of para-hydroxylation sites is 1. The second-order valence-corrected chi connectivity index (χ2v) is 10.3. The van der Waals surface area contributed by atoms with Crippen LogP contribution >= 0.6 is 0 Å². The Bertz CT molecular complexity index is 2150. The lowest BCUT2D eigenvalue weighted by Gasteiger charge is -2.10. The smallest absolute Gasteiger partial charge is 0.0785 e. The van der Waals surface area contributed by atoms with E-state index in [1.54, 1.807) is 0 Å². The number of nitrogens with zero attached hydrogens (tertiary/aromatic N) is 2. The first-order chi connectivity index (χ1) is 19.3. The lowest BCUT2D eigenvalue weighted by Crippen LogP contribution is -1.96. The molecule has 0 aliphatic rings. The third-order valence-corrected chi connectivity index (χ3v) is 8.12. The summed E-state index contributed by atoms with van der Waals surface area (Å²) >= 11 is 0. The van der Waals surface area contributed by atoms with E-state index in [-0.39, 0.29) is 0 Å². The van der Waals surface area contributed by atoms with Gasteiger partial charge in [-0.05, 0) is 46.5 Å². The SMILES string of the molecule is Cn1c2cc(-c3ccccc3)ccc2c2ccc3c4ccc(-c5ccccc5)cc4n(-c4ccccc4)c3c21. The van der Waals surface area contributed by atoms with E-state index in [9.17, 15) is 0 Å². The lowest BCUT2D eigenvalue weighted by atomic mass is 10.0. The molecule has 0 N–H and O–H groups in total. The number of aryl methyl sites for hydroxylation is 1. The van der Waals surface area contributed by atoms with Crippen LogP contribution in [0.15, 0.2) is 140 Å². The molecule has 0 fully saturated rings. The van der Waals surface area contributed by atoms with Crippen LogP contribution in [0.1, 0.15) is 0 Å². The van der Waals surface area contributed by atoms with Crippen molar-refractivity contribution in [3.8, 4) is 27.9 Å². The van der Waals surface area contributed by atoms with Crippen LogP contribution in [-0.4, -0.2) is 9.13 Å². The number of hydrogen-bond acceptors (Lipinski definition) is 0. The molecule has 6 aromatic carbocycles. The minimum absolute atomic E-state index is 1.17. The standard InChI is InChI=1S/C37H26N2/c1-38-34-23-27(25-11-5-2-6-12-25)17-19-30(34)32-21-22-33-31-20-18-28(26-13-7-3-8-14-26)24-35(31)39(37(33)36(32)38)29-15-9-4-10-16-29/h2-24H,1H3. The molecule has 8 aromatic rings. The van der Waals surface area contributed by atoms with Crippen molar-refractivity contribution in [3.05, 3.63) is 140 Å². The maximum Gasteiger partial charge on any atom is 0.0785 e. The van der Waals surface area contributed by atoms with Crippen LogP contribution in [0.4, 0.5) is 0 Å². The Balaban J connectivity index is 1.50. The first-order valence-corrected chi connectivity index (χ1v) is 13.4. The molecule has 2 heteroatoms. The highest BCUT2D eigenvalue weighted by molar-refractivity contribution is 6.23. The van der Waals surface area contributed by atoms with Gasteiger partial charge in [-0.2, -0.15) is 0 Å². The maximum atomic E-state index is 2.45. The van der Waals surface area contributed by atoms with Gasteiger partial charge in [0.1, 0.15) is 0 Å². The Hall–Kier alpha value is -5.08. The number of aromatic nitrogens is 2. The predicted octanol–water partition coefficient (Wildman–Crippen LogP) is 9.76.